The van der Waals surface area contributed by atoms with Crippen molar-refractivity contribution in [1.82, 2.24) is 10.2 Å². The molecule has 0 aromatic carbocycles. The maximum atomic E-state index is 5.11. The highest BCUT2D eigenvalue weighted by Crippen LogP contribution is 1.87. The molecule has 0 atom stereocenters. The molecular weight excluding hydrogens is 172 g/mol. The number of methoxy groups -OCH3 is 1. The lowest BCUT2D eigenvalue weighted by Crippen LogP contribution is -2.38. The van der Waals surface area contributed by atoms with Gasteiger partial charge in [-0.2, -0.15) is 0 Å². The highest BCUT2D eigenvalue weighted by atomic mass is 32.1. The molecule has 12 heavy (non-hydrogen) atoms. The molecule has 0 amide bonds. The zero-order valence-electron chi connectivity index (χ0n) is 8.09. The smallest absolute Gasteiger partial charge is 0.168 e. The Labute approximate surface area is 80.1 Å². The molecule has 0 saturated carbocycles. The summed E-state index contributed by atoms with van der Waals surface area (Å²) >= 11 is 5.11. The first kappa shape index (κ1) is 11.6. The van der Waals surface area contributed by atoms with Gasteiger partial charge < -0.3 is 15.0 Å². The molecule has 0 unspecified atom stereocenters. The van der Waals surface area contributed by atoms with Crippen molar-refractivity contribution in [2.45, 2.75) is 13.3 Å². The lowest BCUT2D eigenvalue weighted by Gasteiger charge is -2.19. The summed E-state index contributed by atoms with van der Waals surface area (Å²) in [6.07, 6.45) is 1.11. The Kier molecular flexibility index (Phi) is 7.09. The molecule has 0 radical (unpaired) electrons. The second-order valence-electron chi connectivity index (χ2n) is 2.65. The number of thiocarbonyl (C=S) groups is 1. The Morgan fingerprint density at radius 3 is 2.75 bits per heavy atom. The molecule has 0 aliphatic heterocycles. The first-order valence-corrected chi connectivity index (χ1v) is 4.61. The minimum atomic E-state index is 0.695. The van der Waals surface area contributed by atoms with Crippen LogP contribution in [-0.4, -0.2) is 43.9 Å². The minimum absolute atomic E-state index is 0.695. The summed E-state index contributed by atoms with van der Waals surface area (Å²) in [5.74, 6) is 0. The summed E-state index contributed by atoms with van der Waals surface area (Å²) in [6, 6.07) is 0. The number of nitrogens with one attached hydrogen (secondary N) is 1. The van der Waals surface area contributed by atoms with Crippen molar-refractivity contribution in [2.24, 2.45) is 0 Å². The van der Waals surface area contributed by atoms with Crippen LogP contribution < -0.4 is 5.32 Å². The zero-order chi connectivity index (χ0) is 9.40. The van der Waals surface area contributed by atoms with E-state index in [1.807, 2.05) is 11.9 Å². The fraction of sp³-hybridized carbons (Fsp3) is 0.875. The van der Waals surface area contributed by atoms with Crippen molar-refractivity contribution in [2.75, 3.05) is 33.9 Å². The maximum Gasteiger partial charge on any atom is 0.168 e. The third kappa shape index (κ3) is 5.32. The van der Waals surface area contributed by atoms with Crippen molar-refractivity contribution >= 4 is 17.3 Å². The maximum absolute atomic E-state index is 5.11. The van der Waals surface area contributed by atoms with Crippen LogP contribution in [0.5, 0.6) is 0 Å². The Morgan fingerprint density at radius 1 is 1.58 bits per heavy atom. The van der Waals surface area contributed by atoms with Crippen LogP contribution >= 0.6 is 12.2 Å². The van der Waals surface area contributed by atoms with Gasteiger partial charge in [-0.1, -0.05) is 6.92 Å². The molecule has 1 N–H and O–H groups in total. The highest BCUT2D eigenvalue weighted by Gasteiger charge is 2.00. The van der Waals surface area contributed by atoms with Crippen LogP contribution in [0.3, 0.4) is 0 Å². The van der Waals surface area contributed by atoms with E-state index in [-0.39, 0.29) is 0 Å². The Balaban J connectivity index is 3.43. The van der Waals surface area contributed by atoms with Crippen LogP contribution in [0.25, 0.3) is 0 Å². The number of hydrogen-bond donors (Lipinski definition) is 1. The molecule has 0 aromatic heterocycles. The molecule has 0 aliphatic carbocycles. The monoisotopic (exact) mass is 190 g/mol. The van der Waals surface area contributed by atoms with Crippen LogP contribution in [0, 0.1) is 0 Å². The lowest BCUT2D eigenvalue weighted by molar-refractivity contribution is 0.203. The highest BCUT2D eigenvalue weighted by molar-refractivity contribution is 7.80. The second-order valence-corrected chi connectivity index (χ2v) is 3.03. The van der Waals surface area contributed by atoms with Crippen LogP contribution in [-0.2, 0) is 4.74 Å². The average molecular weight is 190 g/mol. The molecule has 0 bridgehead atoms. The first-order valence-electron chi connectivity index (χ1n) is 4.20. The van der Waals surface area contributed by atoms with Gasteiger partial charge in [-0.05, 0) is 18.6 Å². The molecule has 0 saturated heterocycles. The van der Waals surface area contributed by atoms with E-state index in [4.69, 9.17) is 17.0 Å². The van der Waals surface area contributed by atoms with Gasteiger partial charge in [0.25, 0.3) is 0 Å². The summed E-state index contributed by atoms with van der Waals surface area (Å²) < 4.78 is 4.89. The quantitative estimate of drug-likeness (QED) is 0.513. The number of nitrogens with zero attached hydrogens (tertiary/aromatic N) is 1. The lowest BCUT2D eigenvalue weighted by atomic mass is 10.4. The summed E-state index contributed by atoms with van der Waals surface area (Å²) in [7, 11) is 3.67. The Bertz CT molecular complexity index is 130. The predicted molar refractivity (Wildman–Crippen MR) is 55.4 cm³/mol. The fourth-order valence-corrected chi connectivity index (χ4v) is 1.03. The van der Waals surface area contributed by atoms with E-state index in [1.54, 1.807) is 7.11 Å². The van der Waals surface area contributed by atoms with Crippen molar-refractivity contribution in [3.05, 3.63) is 0 Å². The van der Waals surface area contributed by atoms with Gasteiger partial charge in [0.2, 0.25) is 0 Å². The van der Waals surface area contributed by atoms with Crippen LogP contribution in [0.1, 0.15) is 13.3 Å². The predicted octanol–water partition coefficient (Wildman–Crippen LogP) is 0.849. The van der Waals surface area contributed by atoms with Gasteiger partial charge in [-0.15, -0.1) is 0 Å². The average Bonchev–Trinajstić information content (AvgIpc) is 2.05. The van der Waals surface area contributed by atoms with Crippen molar-refractivity contribution in [3.8, 4) is 0 Å². The Morgan fingerprint density at radius 2 is 2.25 bits per heavy atom. The van der Waals surface area contributed by atoms with E-state index in [1.165, 1.54) is 0 Å². The molecule has 0 spiro atoms. The third-order valence-electron chi connectivity index (χ3n) is 1.49. The Hall–Kier alpha value is -0.350. The number of rotatable bonds is 5. The van der Waals surface area contributed by atoms with Crippen LogP contribution in [0.4, 0.5) is 0 Å². The number of ether oxygens (including phenoxy) is 1. The summed E-state index contributed by atoms with van der Waals surface area (Å²) in [5.41, 5.74) is 0. The van der Waals surface area contributed by atoms with Gasteiger partial charge in [-0.3, -0.25) is 0 Å². The van der Waals surface area contributed by atoms with Gasteiger partial charge in [0.15, 0.2) is 5.11 Å². The third-order valence-corrected chi connectivity index (χ3v) is 1.94. The second kappa shape index (κ2) is 7.31. The summed E-state index contributed by atoms with van der Waals surface area (Å²) in [6.45, 7) is 4.61. The molecule has 0 aliphatic rings. The topological polar surface area (TPSA) is 24.5 Å². The SMILES string of the molecule is CCCN(C)C(=S)NCCOC. The van der Waals surface area contributed by atoms with E-state index >= 15 is 0 Å². The van der Waals surface area contributed by atoms with Gasteiger partial charge in [-0.25, -0.2) is 0 Å². The molecule has 0 rings (SSSR count). The van der Waals surface area contributed by atoms with Crippen LogP contribution in [0.15, 0.2) is 0 Å². The van der Waals surface area contributed by atoms with Crippen molar-refractivity contribution in [1.29, 1.82) is 0 Å². The minimum Gasteiger partial charge on any atom is -0.383 e. The molecule has 72 valence electrons. The van der Waals surface area contributed by atoms with Gasteiger partial charge >= 0.3 is 0 Å². The molecular formula is C8H18N2OS. The summed E-state index contributed by atoms with van der Waals surface area (Å²) in [4.78, 5) is 2.03. The fourth-order valence-electron chi connectivity index (χ4n) is 0.832. The molecule has 0 aromatic rings. The molecule has 3 nitrogen and oxygen atoms in total. The van der Waals surface area contributed by atoms with E-state index < -0.39 is 0 Å². The van der Waals surface area contributed by atoms with E-state index in [0.29, 0.717) is 6.61 Å². The normalized spacial score (nSPS) is 9.58. The van der Waals surface area contributed by atoms with Gasteiger partial charge in [0.1, 0.15) is 0 Å². The van der Waals surface area contributed by atoms with Gasteiger partial charge in [0, 0.05) is 27.2 Å². The molecule has 0 heterocycles. The first-order chi connectivity index (χ1) is 5.72. The zero-order valence-corrected chi connectivity index (χ0v) is 8.91. The van der Waals surface area contributed by atoms with Gasteiger partial charge in [0.05, 0.1) is 6.61 Å². The molecule has 4 heteroatoms. The van der Waals surface area contributed by atoms with E-state index in [0.717, 1.165) is 24.6 Å². The number of hydrogen-bond acceptors (Lipinski definition) is 2. The summed E-state index contributed by atoms with van der Waals surface area (Å²) in [5, 5.41) is 3.90. The van der Waals surface area contributed by atoms with Crippen molar-refractivity contribution in [3.63, 3.8) is 0 Å². The standard InChI is InChI=1S/C8H18N2OS/c1-4-6-10(2)8(12)9-5-7-11-3/h4-7H2,1-3H3,(H,9,12). The van der Waals surface area contributed by atoms with E-state index in [9.17, 15) is 0 Å². The molecule has 0 fully saturated rings. The van der Waals surface area contributed by atoms with Crippen molar-refractivity contribution < 1.29 is 4.74 Å². The largest absolute Gasteiger partial charge is 0.383 e. The van der Waals surface area contributed by atoms with Crippen LogP contribution in [0.2, 0.25) is 0 Å². The van der Waals surface area contributed by atoms with E-state index in [2.05, 4.69) is 12.2 Å².